The number of thiophene rings is 1. The molecule has 1 heterocycles. The Labute approximate surface area is 147 Å². The van der Waals surface area contributed by atoms with Crippen LogP contribution in [0.3, 0.4) is 0 Å². The molecule has 0 fully saturated rings. The third kappa shape index (κ3) is 5.15. The first-order valence-corrected chi connectivity index (χ1v) is 9.95. The Morgan fingerprint density at radius 3 is 2.33 bits per heavy atom. The maximum absolute atomic E-state index is 12.2. The van der Waals surface area contributed by atoms with Gasteiger partial charge in [0.25, 0.3) is 0 Å². The molecule has 0 bridgehead atoms. The Bertz CT molecular complexity index is 795. The first kappa shape index (κ1) is 18.6. The van der Waals surface area contributed by atoms with Crippen molar-refractivity contribution in [2.75, 3.05) is 13.1 Å². The lowest BCUT2D eigenvalue weighted by atomic mass is 10.1. The first-order chi connectivity index (χ1) is 11.3. The molecule has 1 aromatic carbocycles. The van der Waals surface area contributed by atoms with E-state index < -0.39 is 10.0 Å². The second kappa shape index (κ2) is 7.92. The topological polar surface area (TPSA) is 66.5 Å². The van der Waals surface area contributed by atoms with Crippen LogP contribution in [0.4, 0.5) is 0 Å². The molecule has 5 nitrogen and oxygen atoms in total. The summed E-state index contributed by atoms with van der Waals surface area (Å²) in [5.74, 6) is -0.0817. The first-order valence-electron chi connectivity index (χ1n) is 7.65. The molecule has 130 valence electrons. The third-order valence-electron chi connectivity index (χ3n) is 3.59. The number of carbonyl (C=O) groups excluding carboxylic acids is 1. The lowest BCUT2D eigenvalue weighted by Gasteiger charge is -2.21. The van der Waals surface area contributed by atoms with Crippen LogP contribution in [0.5, 0.6) is 0 Å². The van der Waals surface area contributed by atoms with E-state index in [-0.39, 0.29) is 12.5 Å². The molecule has 0 atom stereocenters. The normalized spacial score (nSPS) is 11.5. The fourth-order valence-corrected chi connectivity index (χ4v) is 4.55. The molecule has 0 aliphatic rings. The molecule has 0 aliphatic carbocycles. The summed E-state index contributed by atoms with van der Waals surface area (Å²) in [5, 5.41) is 0. The highest BCUT2D eigenvalue weighted by atomic mass is 32.2. The molecule has 0 saturated carbocycles. The highest BCUT2D eigenvalue weighted by molar-refractivity contribution is 7.91. The predicted molar refractivity (Wildman–Crippen MR) is 96.5 cm³/mol. The highest BCUT2D eigenvalue weighted by Gasteiger charge is 2.17. The van der Waals surface area contributed by atoms with Crippen LogP contribution in [0.2, 0.25) is 0 Å². The van der Waals surface area contributed by atoms with Crippen molar-refractivity contribution in [1.82, 2.24) is 9.62 Å². The van der Waals surface area contributed by atoms with Gasteiger partial charge in [-0.25, -0.2) is 13.1 Å². The molecule has 0 aliphatic heterocycles. The third-order valence-corrected chi connectivity index (χ3v) is 6.55. The quantitative estimate of drug-likeness (QED) is 0.819. The molecular weight excluding hydrogens is 344 g/mol. The largest absolute Gasteiger partial charge is 0.337 e. The number of hydrogen-bond donors (Lipinski definition) is 1. The van der Waals surface area contributed by atoms with Gasteiger partial charge in [-0.2, -0.15) is 0 Å². The average molecular weight is 367 g/mol. The van der Waals surface area contributed by atoms with Crippen LogP contribution in [-0.4, -0.2) is 32.3 Å². The van der Waals surface area contributed by atoms with Crippen molar-refractivity contribution < 1.29 is 13.2 Å². The van der Waals surface area contributed by atoms with Gasteiger partial charge >= 0.3 is 0 Å². The van der Waals surface area contributed by atoms with Crippen molar-refractivity contribution in [2.45, 2.75) is 31.5 Å². The van der Waals surface area contributed by atoms with Crippen molar-refractivity contribution in [2.24, 2.45) is 0 Å². The van der Waals surface area contributed by atoms with E-state index in [1.165, 1.54) is 18.3 Å². The molecule has 0 radical (unpaired) electrons. The molecule has 1 amide bonds. The Balaban J connectivity index is 1.94. The number of nitrogens with zero attached hydrogens (tertiary/aromatic N) is 1. The van der Waals surface area contributed by atoms with E-state index in [2.05, 4.69) is 4.72 Å². The molecule has 0 saturated heterocycles. The number of sulfonamides is 1. The SMILES string of the molecule is CC(=O)N(CCNS(=O)(=O)c1ccc(C)s1)Cc1ccc(C)cc1. The van der Waals surface area contributed by atoms with Crippen LogP contribution < -0.4 is 4.72 Å². The molecule has 7 heteroatoms. The lowest BCUT2D eigenvalue weighted by Crippen LogP contribution is -2.36. The zero-order valence-corrected chi connectivity index (χ0v) is 15.7. The summed E-state index contributed by atoms with van der Waals surface area (Å²) >= 11 is 1.23. The smallest absolute Gasteiger partial charge is 0.250 e. The minimum Gasteiger partial charge on any atom is -0.337 e. The van der Waals surface area contributed by atoms with Crippen LogP contribution in [-0.2, 0) is 21.4 Å². The Kier molecular flexibility index (Phi) is 6.15. The second-order valence-electron chi connectivity index (χ2n) is 5.69. The van der Waals surface area contributed by atoms with E-state index in [0.29, 0.717) is 17.3 Å². The minimum atomic E-state index is -3.51. The fraction of sp³-hybridized carbons (Fsp3) is 0.353. The maximum Gasteiger partial charge on any atom is 0.250 e. The van der Waals surface area contributed by atoms with Gasteiger partial charge < -0.3 is 4.90 Å². The number of aryl methyl sites for hydroxylation is 2. The molecule has 24 heavy (non-hydrogen) atoms. The standard InChI is InChI=1S/C17H22N2O3S2/c1-13-4-7-16(8-5-13)12-19(15(3)20)11-10-18-24(21,22)17-9-6-14(2)23-17/h4-9,18H,10-12H2,1-3H3. The zero-order valence-electron chi connectivity index (χ0n) is 14.1. The van der Waals surface area contributed by atoms with Gasteiger partial charge in [-0.15, -0.1) is 11.3 Å². The van der Waals surface area contributed by atoms with Crippen molar-refractivity contribution >= 4 is 27.3 Å². The Hall–Kier alpha value is -1.70. The number of amides is 1. The lowest BCUT2D eigenvalue weighted by molar-refractivity contribution is -0.129. The number of carbonyl (C=O) groups is 1. The van der Waals surface area contributed by atoms with Crippen molar-refractivity contribution in [3.63, 3.8) is 0 Å². The molecule has 2 aromatic rings. The van der Waals surface area contributed by atoms with Gasteiger partial charge in [0.15, 0.2) is 0 Å². The van der Waals surface area contributed by atoms with Gasteiger partial charge in [-0.3, -0.25) is 4.79 Å². The summed E-state index contributed by atoms with van der Waals surface area (Å²) in [7, 11) is -3.51. The number of hydrogen-bond acceptors (Lipinski definition) is 4. The summed E-state index contributed by atoms with van der Waals surface area (Å²) in [6.07, 6.45) is 0. The summed E-state index contributed by atoms with van der Waals surface area (Å²) < 4.78 is 27.2. The molecular formula is C17H22N2O3S2. The fourth-order valence-electron chi connectivity index (χ4n) is 2.20. The van der Waals surface area contributed by atoms with Gasteiger partial charge in [0.2, 0.25) is 15.9 Å². The summed E-state index contributed by atoms with van der Waals surface area (Å²) in [5.41, 5.74) is 2.18. The van der Waals surface area contributed by atoms with Crippen LogP contribution in [0.15, 0.2) is 40.6 Å². The second-order valence-corrected chi connectivity index (χ2v) is 8.97. The van der Waals surface area contributed by atoms with E-state index in [0.717, 1.165) is 16.0 Å². The Morgan fingerprint density at radius 1 is 1.12 bits per heavy atom. The van der Waals surface area contributed by atoms with Crippen molar-refractivity contribution in [3.05, 3.63) is 52.4 Å². The summed E-state index contributed by atoms with van der Waals surface area (Å²) in [6, 6.07) is 11.3. The van der Waals surface area contributed by atoms with Crippen molar-refractivity contribution in [3.8, 4) is 0 Å². The molecule has 1 N–H and O–H groups in total. The number of rotatable bonds is 7. The van der Waals surface area contributed by atoms with Gasteiger partial charge in [0.1, 0.15) is 4.21 Å². The average Bonchev–Trinajstić information content (AvgIpc) is 2.95. The monoisotopic (exact) mass is 366 g/mol. The van der Waals surface area contributed by atoms with Crippen LogP contribution >= 0.6 is 11.3 Å². The van der Waals surface area contributed by atoms with E-state index in [9.17, 15) is 13.2 Å². The van der Waals surface area contributed by atoms with Crippen LogP contribution in [0.25, 0.3) is 0 Å². The summed E-state index contributed by atoms with van der Waals surface area (Å²) in [6.45, 7) is 6.34. The van der Waals surface area contributed by atoms with Crippen molar-refractivity contribution in [1.29, 1.82) is 0 Å². The van der Waals surface area contributed by atoms with E-state index in [4.69, 9.17) is 0 Å². The van der Waals surface area contributed by atoms with E-state index in [1.54, 1.807) is 17.0 Å². The van der Waals surface area contributed by atoms with Crippen LogP contribution in [0.1, 0.15) is 22.9 Å². The molecule has 0 unspecified atom stereocenters. The number of benzene rings is 1. The molecule has 2 rings (SSSR count). The Morgan fingerprint density at radius 2 is 1.79 bits per heavy atom. The van der Waals surface area contributed by atoms with Gasteiger partial charge in [-0.1, -0.05) is 29.8 Å². The van der Waals surface area contributed by atoms with Crippen LogP contribution in [0, 0.1) is 13.8 Å². The van der Waals surface area contributed by atoms with E-state index >= 15 is 0 Å². The van der Waals surface area contributed by atoms with E-state index in [1.807, 2.05) is 38.1 Å². The summed E-state index contributed by atoms with van der Waals surface area (Å²) in [4.78, 5) is 14.4. The van der Waals surface area contributed by atoms with Gasteiger partial charge in [0, 0.05) is 31.4 Å². The minimum absolute atomic E-state index is 0.0817. The predicted octanol–water partition coefficient (Wildman–Crippen LogP) is 2.69. The van der Waals surface area contributed by atoms with Gasteiger partial charge in [0.05, 0.1) is 0 Å². The van der Waals surface area contributed by atoms with Gasteiger partial charge in [-0.05, 0) is 31.5 Å². The zero-order chi connectivity index (χ0) is 17.7. The maximum atomic E-state index is 12.2. The molecule has 1 aromatic heterocycles. The number of nitrogens with one attached hydrogen (secondary N) is 1. The highest BCUT2D eigenvalue weighted by Crippen LogP contribution is 2.20. The molecule has 0 spiro atoms.